The molecule has 0 radical (unpaired) electrons. The Labute approximate surface area is 213 Å². The highest BCUT2D eigenvalue weighted by molar-refractivity contribution is 7.13. The number of rotatable bonds is 7. The van der Waals surface area contributed by atoms with E-state index in [1.165, 1.54) is 49.1 Å². The van der Waals surface area contributed by atoms with Gasteiger partial charge in [0.15, 0.2) is 10.9 Å². The highest BCUT2D eigenvalue weighted by atomic mass is 32.1. The van der Waals surface area contributed by atoms with Crippen molar-refractivity contribution in [2.45, 2.75) is 51.5 Å². The van der Waals surface area contributed by atoms with Gasteiger partial charge in [-0.1, -0.05) is 19.3 Å². The van der Waals surface area contributed by atoms with Crippen LogP contribution in [-0.2, 0) is 11.2 Å². The SMILES string of the molecule is COc1ccc2[nH]c(C)c(CC(=O)N(c3nccs3)C3CCCCC3)c2c1C(=O)c1ccc(F)cc1. The molecule has 1 saturated carbocycles. The van der Waals surface area contributed by atoms with Crippen molar-refractivity contribution in [3.05, 3.63) is 76.2 Å². The quantitative estimate of drug-likeness (QED) is 0.303. The van der Waals surface area contributed by atoms with Crippen LogP contribution in [0.2, 0.25) is 0 Å². The molecule has 2 aromatic carbocycles. The van der Waals surface area contributed by atoms with Crippen molar-refractivity contribution in [3.63, 3.8) is 0 Å². The van der Waals surface area contributed by atoms with Crippen LogP contribution < -0.4 is 9.64 Å². The summed E-state index contributed by atoms with van der Waals surface area (Å²) in [6.45, 7) is 1.91. The van der Waals surface area contributed by atoms with E-state index in [2.05, 4.69) is 9.97 Å². The van der Waals surface area contributed by atoms with Crippen molar-refractivity contribution in [1.82, 2.24) is 9.97 Å². The lowest BCUT2D eigenvalue weighted by molar-refractivity contribution is -0.118. The maximum atomic E-state index is 13.9. The molecule has 0 bridgehead atoms. The molecule has 1 N–H and O–H groups in total. The molecular formula is C28H28FN3O3S. The van der Waals surface area contributed by atoms with E-state index >= 15 is 0 Å². The van der Waals surface area contributed by atoms with Gasteiger partial charge in [-0.2, -0.15) is 0 Å². The number of carbonyl (C=O) groups is 2. The summed E-state index contributed by atoms with van der Waals surface area (Å²) in [4.78, 5) is 37.2. The summed E-state index contributed by atoms with van der Waals surface area (Å²) in [5.41, 5.74) is 3.05. The van der Waals surface area contributed by atoms with Crippen LogP contribution in [0.5, 0.6) is 5.75 Å². The van der Waals surface area contributed by atoms with Crippen LogP contribution in [0.3, 0.4) is 0 Å². The highest BCUT2D eigenvalue weighted by Crippen LogP contribution is 2.36. The fourth-order valence-electron chi connectivity index (χ4n) is 5.21. The number of halogens is 1. The number of ketones is 1. The first-order chi connectivity index (χ1) is 17.5. The molecule has 36 heavy (non-hydrogen) atoms. The van der Waals surface area contributed by atoms with E-state index in [0.29, 0.717) is 27.4 Å². The molecule has 1 aliphatic carbocycles. The third kappa shape index (κ3) is 4.53. The summed E-state index contributed by atoms with van der Waals surface area (Å²) in [7, 11) is 1.51. The Kier molecular flexibility index (Phi) is 6.87. The normalized spacial score (nSPS) is 14.2. The van der Waals surface area contributed by atoms with Gasteiger partial charge in [-0.3, -0.25) is 14.5 Å². The second-order valence-corrected chi connectivity index (χ2v) is 10.1. The van der Waals surface area contributed by atoms with Crippen molar-refractivity contribution < 1.29 is 18.7 Å². The van der Waals surface area contributed by atoms with Crippen LogP contribution >= 0.6 is 11.3 Å². The predicted octanol–water partition coefficient (Wildman–Crippen LogP) is 6.22. The molecular weight excluding hydrogens is 477 g/mol. The number of nitrogens with one attached hydrogen (secondary N) is 1. The Bertz CT molecular complexity index is 1390. The Balaban J connectivity index is 1.59. The van der Waals surface area contributed by atoms with Crippen molar-refractivity contribution in [2.24, 2.45) is 0 Å². The summed E-state index contributed by atoms with van der Waals surface area (Å²) in [6, 6.07) is 9.19. The van der Waals surface area contributed by atoms with Crippen molar-refractivity contribution in [1.29, 1.82) is 0 Å². The molecule has 0 atom stereocenters. The zero-order valence-electron chi connectivity index (χ0n) is 20.3. The van der Waals surface area contributed by atoms with Gasteiger partial charge in [-0.05, 0) is 61.7 Å². The summed E-state index contributed by atoms with van der Waals surface area (Å²) in [6.07, 6.45) is 7.15. The predicted molar refractivity (Wildman–Crippen MR) is 140 cm³/mol. The number of aromatic nitrogens is 2. The van der Waals surface area contributed by atoms with Crippen LogP contribution in [0.4, 0.5) is 9.52 Å². The number of fused-ring (bicyclic) bond motifs is 1. The Morgan fingerprint density at radius 2 is 1.89 bits per heavy atom. The van der Waals surface area contributed by atoms with Crippen molar-refractivity contribution >= 4 is 39.1 Å². The van der Waals surface area contributed by atoms with Gasteiger partial charge in [0.2, 0.25) is 5.91 Å². The molecule has 5 rings (SSSR count). The minimum absolute atomic E-state index is 0.0381. The summed E-state index contributed by atoms with van der Waals surface area (Å²) >= 11 is 1.47. The fourth-order valence-corrected chi connectivity index (χ4v) is 5.93. The molecule has 186 valence electrons. The minimum atomic E-state index is -0.412. The number of methoxy groups -OCH3 is 1. The van der Waals surface area contributed by atoms with Gasteiger partial charge in [0.1, 0.15) is 11.6 Å². The van der Waals surface area contributed by atoms with Crippen LogP contribution in [0.1, 0.15) is 59.3 Å². The summed E-state index contributed by atoms with van der Waals surface area (Å²) < 4.78 is 19.1. The first-order valence-corrected chi connectivity index (χ1v) is 13.1. The molecule has 2 heterocycles. The lowest BCUT2D eigenvalue weighted by atomic mass is 9.93. The van der Waals surface area contributed by atoms with E-state index in [4.69, 9.17) is 4.74 Å². The fraction of sp³-hybridized carbons (Fsp3) is 0.321. The Morgan fingerprint density at radius 3 is 2.56 bits per heavy atom. The molecule has 1 amide bonds. The zero-order chi connectivity index (χ0) is 25.2. The number of H-pyrrole nitrogens is 1. The molecule has 0 unspecified atom stereocenters. The number of thiazole rings is 1. The van der Waals surface area contributed by atoms with E-state index in [1.807, 2.05) is 23.3 Å². The number of nitrogens with zero attached hydrogens (tertiary/aromatic N) is 2. The van der Waals surface area contributed by atoms with Gasteiger partial charge >= 0.3 is 0 Å². The van der Waals surface area contributed by atoms with Gasteiger partial charge in [-0.15, -0.1) is 11.3 Å². The lowest BCUT2D eigenvalue weighted by Crippen LogP contribution is -2.42. The number of benzene rings is 2. The Morgan fingerprint density at radius 1 is 1.14 bits per heavy atom. The number of amides is 1. The molecule has 8 heteroatoms. The maximum Gasteiger partial charge on any atom is 0.233 e. The van der Waals surface area contributed by atoms with E-state index < -0.39 is 5.82 Å². The maximum absolute atomic E-state index is 13.9. The first kappa shape index (κ1) is 24.2. The van der Waals surface area contributed by atoms with Crippen molar-refractivity contribution in [3.8, 4) is 5.75 Å². The second kappa shape index (κ2) is 10.2. The van der Waals surface area contributed by atoms with Gasteiger partial charge in [0.25, 0.3) is 0 Å². The molecule has 0 spiro atoms. The van der Waals surface area contributed by atoms with Gasteiger partial charge in [-0.25, -0.2) is 9.37 Å². The van der Waals surface area contributed by atoms with E-state index in [0.717, 1.165) is 42.5 Å². The third-order valence-electron chi connectivity index (χ3n) is 6.96. The summed E-state index contributed by atoms with van der Waals surface area (Å²) in [5.74, 6) is -0.322. The van der Waals surface area contributed by atoms with E-state index in [-0.39, 0.29) is 24.2 Å². The van der Waals surface area contributed by atoms with Crippen LogP contribution in [0, 0.1) is 12.7 Å². The average Bonchev–Trinajstić information content (AvgIpc) is 3.52. The van der Waals surface area contributed by atoms with Crippen LogP contribution in [0.15, 0.2) is 48.0 Å². The first-order valence-electron chi connectivity index (χ1n) is 12.2. The standard InChI is InChI=1S/C28H28FN3O3S/c1-17-21(16-24(33)32(28-30-14-15-36-28)20-6-4-3-5-7-20)25-22(31-17)12-13-23(35-2)26(25)27(34)18-8-10-19(29)11-9-18/h8-15,20,31H,3-7,16H2,1-2H3. The number of aryl methyl sites for hydroxylation is 1. The minimum Gasteiger partial charge on any atom is -0.496 e. The number of carbonyl (C=O) groups excluding carboxylic acids is 2. The monoisotopic (exact) mass is 505 g/mol. The highest BCUT2D eigenvalue weighted by Gasteiger charge is 2.31. The number of anilines is 1. The van der Waals surface area contributed by atoms with Gasteiger partial charge in [0, 0.05) is 39.8 Å². The lowest BCUT2D eigenvalue weighted by Gasteiger charge is -2.32. The largest absolute Gasteiger partial charge is 0.496 e. The zero-order valence-corrected chi connectivity index (χ0v) is 21.2. The number of ether oxygens (including phenoxy) is 1. The van der Waals surface area contributed by atoms with Crippen LogP contribution in [-0.4, -0.2) is 34.8 Å². The number of aromatic amines is 1. The van der Waals surface area contributed by atoms with Crippen molar-refractivity contribution in [2.75, 3.05) is 12.0 Å². The molecule has 1 fully saturated rings. The van der Waals surface area contributed by atoms with Crippen LogP contribution in [0.25, 0.3) is 10.9 Å². The molecule has 0 aliphatic heterocycles. The topological polar surface area (TPSA) is 75.3 Å². The molecule has 4 aromatic rings. The number of hydrogen-bond donors (Lipinski definition) is 1. The number of hydrogen-bond acceptors (Lipinski definition) is 5. The van der Waals surface area contributed by atoms with E-state index in [1.54, 1.807) is 12.3 Å². The second-order valence-electron chi connectivity index (χ2n) is 9.18. The molecule has 2 aromatic heterocycles. The van der Waals surface area contributed by atoms with Gasteiger partial charge in [0.05, 0.1) is 19.1 Å². The third-order valence-corrected chi connectivity index (χ3v) is 7.73. The molecule has 0 saturated heterocycles. The average molecular weight is 506 g/mol. The molecule has 6 nitrogen and oxygen atoms in total. The summed E-state index contributed by atoms with van der Waals surface area (Å²) in [5, 5.41) is 3.27. The van der Waals surface area contributed by atoms with Gasteiger partial charge < -0.3 is 9.72 Å². The Hall–Kier alpha value is -3.52. The van der Waals surface area contributed by atoms with E-state index in [9.17, 15) is 14.0 Å². The molecule has 1 aliphatic rings. The smallest absolute Gasteiger partial charge is 0.233 e.